The van der Waals surface area contributed by atoms with Gasteiger partial charge < -0.3 is 25.0 Å². The summed E-state index contributed by atoms with van der Waals surface area (Å²) < 4.78 is 5.41. The molecule has 5 atom stereocenters. The zero-order valence-corrected chi connectivity index (χ0v) is 22.6. The average molecular weight is 538 g/mol. The smallest absolute Gasteiger partial charge is 0.408 e. The molecule has 3 heterocycles. The number of nitrogens with one attached hydrogen (secondary N) is 1. The van der Waals surface area contributed by atoms with E-state index in [2.05, 4.69) is 11.4 Å². The molecule has 2 bridgehead atoms. The number of ether oxygens (including phenoxy) is 1. The summed E-state index contributed by atoms with van der Waals surface area (Å²) in [6.45, 7) is 6.39. The molecule has 1 aromatic rings. The van der Waals surface area contributed by atoms with Crippen molar-refractivity contribution >= 4 is 23.9 Å². The van der Waals surface area contributed by atoms with Gasteiger partial charge in [0.25, 0.3) is 0 Å². The molecular formula is C28H35N5O6. The topological polar surface area (TPSA) is 143 Å². The first kappa shape index (κ1) is 26.9. The van der Waals surface area contributed by atoms with Crippen molar-refractivity contribution in [2.24, 2.45) is 0 Å². The Hall–Kier alpha value is -3.65. The van der Waals surface area contributed by atoms with Gasteiger partial charge in [0.05, 0.1) is 23.7 Å². The molecule has 3 fully saturated rings. The number of amides is 3. The standard InChI is InChI=1S/C28H35N5O6/c1-28(2,3)39-27(38)30-21(24(34)32-10-4-5-18(32)13-29)15-31-14-19-12-23(31)25(35)33(19)22-9-7-16-11-17(26(36)37)6-8-20(16)22/h6,8,11,18-19,21-23H,4-5,7,9-10,12,14-15H2,1-3H3,(H,30,38)(H,36,37)/t18-,19-,21-,22+,23-/m0/s1. The predicted octanol–water partition coefficient (Wildman–Crippen LogP) is 2.07. The Morgan fingerprint density at radius 2 is 2.00 bits per heavy atom. The van der Waals surface area contributed by atoms with Gasteiger partial charge in [0.2, 0.25) is 11.8 Å². The molecule has 3 saturated heterocycles. The lowest BCUT2D eigenvalue weighted by Crippen LogP contribution is -2.59. The molecule has 0 spiro atoms. The summed E-state index contributed by atoms with van der Waals surface area (Å²) in [7, 11) is 0. The largest absolute Gasteiger partial charge is 0.478 e. The first-order chi connectivity index (χ1) is 18.5. The van der Waals surface area contributed by atoms with Crippen LogP contribution in [0.5, 0.6) is 0 Å². The summed E-state index contributed by atoms with van der Waals surface area (Å²) in [6, 6.07) is 5.29. The van der Waals surface area contributed by atoms with Crippen LogP contribution in [0.4, 0.5) is 4.79 Å². The summed E-state index contributed by atoms with van der Waals surface area (Å²) in [5.74, 6) is -1.31. The number of likely N-dealkylation sites (tertiary alicyclic amines) is 3. The number of aromatic carboxylic acids is 1. The molecule has 1 aromatic carbocycles. The highest BCUT2D eigenvalue weighted by Crippen LogP contribution is 2.44. The normalized spacial score (nSPS) is 26.9. The van der Waals surface area contributed by atoms with Gasteiger partial charge in [-0.25, -0.2) is 9.59 Å². The number of nitriles is 1. The number of carboxylic acids is 1. The number of carbonyl (C=O) groups is 4. The molecule has 2 N–H and O–H groups in total. The Morgan fingerprint density at radius 1 is 1.23 bits per heavy atom. The second-order valence-corrected chi connectivity index (χ2v) is 11.9. The minimum atomic E-state index is -0.965. The highest BCUT2D eigenvalue weighted by Gasteiger charge is 2.53. The zero-order chi connectivity index (χ0) is 28.1. The van der Waals surface area contributed by atoms with Gasteiger partial charge in [0.15, 0.2) is 0 Å². The van der Waals surface area contributed by atoms with E-state index in [-0.39, 0.29) is 36.0 Å². The van der Waals surface area contributed by atoms with Crippen LogP contribution in [0.15, 0.2) is 18.2 Å². The van der Waals surface area contributed by atoms with Crippen LogP contribution in [0.2, 0.25) is 0 Å². The SMILES string of the molecule is CC(C)(C)OC(=O)N[C@@H](CN1C[C@@H]2C[C@H]1C(=O)N2[C@@H]1CCc2cc(C(=O)O)ccc21)C(=O)N1CCC[C@H]1C#N. The second-order valence-electron chi connectivity index (χ2n) is 11.9. The van der Waals surface area contributed by atoms with E-state index in [1.54, 1.807) is 32.9 Å². The van der Waals surface area contributed by atoms with Crippen molar-refractivity contribution in [3.63, 3.8) is 0 Å². The number of benzene rings is 1. The lowest BCUT2D eigenvalue weighted by molar-refractivity contribution is -0.141. The zero-order valence-electron chi connectivity index (χ0n) is 22.6. The second kappa shape index (κ2) is 10.2. The van der Waals surface area contributed by atoms with Gasteiger partial charge in [0.1, 0.15) is 17.7 Å². The Bertz CT molecular complexity index is 1240. The molecule has 39 heavy (non-hydrogen) atoms. The van der Waals surface area contributed by atoms with Gasteiger partial charge in [-0.05, 0) is 76.1 Å². The average Bonchev–Trinajstić information content (AvgIpc) is 3.64. The number of rotatable bonds is 6. The van der Waals surface area contributed by atoms with Crippen molar-refractivity contribution in [1.82, 2.24) is 20.0 Å². The fraction of sp³-hybridized carbons (Fsp3) is 0.607. The Balaban J connectivity index is 1.30. The van der Waals surface area contributed by atoms with E-state index >= 15 is 0 Å². The van der Waals surface area contributed by atoms with E-state index in [0.717, 1.165) is 30.4 Å². The Morgan fingerprint density at radius 3 is 2.67 bits per heavy atom. The number of hydrogen-bond donors (Lipinski definition) is 2. The predicted molar refractivity (Wildman–Crippen MR) is 139 cm³/mol. The van der Waals surface area contributed by atoms with Crippen LogP contribution in [-0.2, 0) is 20.7 Å². The van der Waals surface area contributed by atoms with Crippen LogP contribution in [0.3, 0.4) is 0 Å². The van der Waals surface area contributed by atoms with Gasteiger partial charge in [-0.1, -0.05) is 6.07 Å². The highest BCUT2D eigenvalue weighted by atomic mass is 16.6. The van der Waals surface area contributed by atoms with E-state index in [9.17, 15) is 29.5 Å². The Labute approximate surface area is 227 Å². The third-order valence-electron chi connectivity index (χ3n) is 8.18. The number of carbonyl (C=O) groups excluding carboxylic acids is 3. The van der Waals surface area contributed by atoms with E-state index < -0.39 is 35.8 Å². The quantitative estimate of drug-likeness (QED) is 0.561. The van der Waals surface area contributed by atoms with Gasteiger partial charge in [-0.3, -0.25) is 14.5 Å². The molecule has 11 heteroatoms. The van der Waals surface area contributed by atoms with E-state index in [0.29, 0.717) is 25.9 Å². The Kier molecular flexibility index (Phi) is 7.01. The van der Waals surface area contributed by atoms with E-state index in [1.807, 2.05) is 15.9 Å². The maximum atomic E-state index is 13.6. The number of carboxylic acid groups (broad SMARTS) is 1. The molecule has 0 aromatic heterocycles. The third kappa shape index (κ3) is 5.17. The fourth-order valence-electron chi connectivity index (χ4n) is 6.55. The van der Waals surface area contributed by atoms with Crippen molar-refractivity contribution in [1.29, 1.82) is 5.26 Å². The lowest BCUT2D eigenvalue weighted by atomic mass is 10.0. The number of aryl methyl sites for hydroxylation is 1. The minimum absolute atomic E-state index is 0.00838. The number of fused-ring (bicyclic) bond motifs is 3. The van der Waals surface area contributed by atoms with Gasteiger partial charge >= 0.3 is 12.1 Å². The molecule has 1 aliphatic carbocycles. The molecule has 3 amide bonds. The van der Waals surface area contributed by atoms with Crippen molar-refractivity contribution in [3.8, 4) is 6.07 Å². The van der Waals surface area contributed by atoms with Crippen molar-refractivity contribution in [3.05, 3.63) is 34.9 Å². The number of piperazine rings is 1. The maximum Gasteiger partial charge on any atom is 0.408 e. The molecule has 3 aliphatic heterocycles. The highest BCUT2D eigenvalue weighted by molar-refractivity contribution is 5.89. The molecule has 11 nitrogen and oxygen atoms in total. The molecule has 4 aliphatic rings. The van der Waals surface area contributed by atoms with Crippen LogP contribution in [0.1, 0.15) is 74.0 Å². The van der Waals surface area contributed by atoms with Crippen molar-refractivity contribution in [2.75, 3.05) is 19.6 Å². The summed E-state index contributed by atoms with van der Waals surface area (Å²) in [5, 5.41) is 21.5. The van der Waals surface area contributed by atoms with E-state index in [1.165, 1.54) is 4.90 Å². The first-order valence-corrected chi connectivity index (χ1v) is 13.6. The summed E-state index contributed by atoms with van der Waals surface area (Å²) in [6.07, 6.45) is 2.71. The van der Waals surface area contributed by atoms with Gasteiger partial charge in [-0.2, -0.15) is 5.26 Å². The van der Waals surface area contributed by atoms with Gasteiger partial charge in [0, 0.05) is 25.7 Å². The minimum Gasteiger partial charge on any atom is -0.478 e. The maximum absolute atomic E-state index is 13.6. The third-order valence-corrected chi connectivity index (χ3v) is 8.18. The summed E-state index contributed by atoms with van der Waals surface area (Å²) >= 11 is 0. The van der Waals surface area contributed by atoms with Crippen LogP contribution < -0.4 is 5.32 Å². The molecule has 0 radical (unpaired) electrons. The van der Waals surface area contributed by atoms with Crippen LogP contribution in [0.25, 0.3) is 0 Å². The number of alkyl carbamates (subject to hydrolysis) is 1. The van der Waals surface area contributed by atoms with Crippen LogP contribution in [-0.4, -0.2) is 93.1 Å². The molecule has 0 saturated carbocycles. The summed E-state index contributed by atoms with van der Waals surface area (Å²) in [5.41, 5.74) is 1.48. The van der Waals surface area contributed by atoms with Crippen LogP contribution >= 0.6 is 0 Å². The molecule has 0 unspecified atom stereocenters. The first-order valence-electron chi connectivity index (χ1n) is 13.6. The van der Waals surface area contributed by atoms with Gasteiger partial charge in [-0.15, -0.1) is 0 Å². The molecule has 5 rings (SSSR count). The fourth-order valence-corrected chi connectivity index (χ4v) is 6.55. The monoisotopic (exact) mass is 537 g/mol. The summed E-state index contributed by atoms with van der Waals surface area (Å²) in [4.78, 5) is 56.6. The lowest BCUT2D eigenvalue weighted by Gasteiger charge is -2.39. The number of hydrogen-bond acceptors (Lipinski definition) is 7. The van der Waals surface area contributed by atoms with E-state index in [4.69, 9.17) is 4.74 Å². The van der Waals surface area contributed by atoms with Crippen molar-refractivity contribution in [2.45, 2.75) is 88.7 Å². The molecular weight excluding hydrogens is 502 g/mol. The molecule has 208 valence electrons. The number of nitrogens with zero attached hydrogens (tertiary/aromatic N) is 4. The van der Waals surface area contributed by atoms with Crippen molar-refractivity contribution < 1.29 is 29.0 Å². The van der Waals surface area contributed by atoms with Crippen LogP contribution in [0, 0.1) is 11.3 Å².